The SMILES string of the molecule is Cc1ccc(-c2ocnc2C(=O)NC(C)C)s1. The minimum atomic E-state index is -0.199. The Morgan fingerprint density at radius 2 is 2.24 bits per heavy atom. The zero-order valence-electron chi connectivity index (χ0n) is 9.98. The van der Waals surface area contributed by atoms with Crippen molar-refractivity contribution in [2.45, 2.75) is 26.8 Å². The summed E-state index contributed by atoms with van der Waals surface area (Å²) in [6.45, 7) is 5.83. The van der Waals surface area contributed by atoms with Crippen LogP contribution in [0.4, 0.5) is 0 Å². The van der Waals surface area contributed by atoms with Crippen LogP contribution in [0.3, 0.4) is 0 Å². The average Bonchev–Trinajstić information content (AvgIpc) is 2.83. The maximum atomic E-state index is 11.9. The second kappa shape index (κ2) is 4.71. The van der Waals surface area contributed by atoms with Gasteiger partial charge in [0.25, 0.3) is 5.91 Å². The van der Waals surface area contributed by atoms with Crippen LogP contribution in [0.5, 0.6) is 0 Å². The topological polar surface area (TPSA) is 55.1 Å². The summed E-state index contributed by atoms with van der Waals surface area (Å²) in [5, 5.41) is 2.81. The number of thiophene rings is 1. The van der Waals surface area contributed by atoms with E-state index in [9.17, 15) is 4.79 Å². The summed E-state index contributed by atoms with van der Waals surface area (Å²) in [7, 11) is 0. The Balaban J connectivity index is 2.31. The quantitative estimate of drug-likeness (QED) is 0.911. The molecule has 0 radical (unpaired) electrons. The van der Waals surface area contributed by atoms with Crippen LogP contribution in [0.15, 0.2) is 22.9 Å². The lowest BCUT2D eigenvalue weighted by molar-refractivity contribution is 0.0939. The molecule has 1 N–H and O–H groups in total. The molecular formula is C12H14N2O2S. The second-order valence-electron chi connectivity index (χ2n) is 4.07. The molecule has 0 bridgehead atoms. The van der Waals surface area contributed by atoms with Gasteiger partial charge in [-0.15, -0.1) is 11.3 Å². The molecule has 0 unspecified atom stereocenters. The number of hydrogen-bond acceptors (Lipinski definition) is 4. The lowest BCUT2D eigenvalue weighted by Gasteiger charge is -2.06. The maximum Gasteiger partial charge on any atom is 0.274 e. The first kappa shape index (κ1) is 11.9. The molecule has 0 aliphatic heterocycles. The van der Waals surface area contributed by atoms with Crippen LogP contribution >= 0.6 is 11.3 Å². The lowest BCUT2D eigenvalue weighted by Crippen LogP contribution is -2.30. The molecule has 0 spiro atoms. The van der Waals surface area contributed by atoms with Gasteiger partial charge in [0.1, 0.15) is 0 Å². The molecule has 17 heavy (non-hydrogen) atoms. The van der Waals surface area contributed by atoms with Gasteiger partial charge in [0.2, 0.25) is 0 Å². The number of nitrogens with one attached hydrogen (secondary N) is 1. The first-order valence-electron chi connectivity index (χ1n) is 5.39. The first-order chi connectivity index (χ1) is 8.08. The van der Waals surface area contributed by atoms with Crippen molar-refractivity contribution >= 4 is 17.2 Å². The van der Waals surface area contributed by atoms with Gasteiger partial charge >= 0.3 is 0 Å². The van der Waals surface area contributed by atoms with E-state index in [1.807, 2.05) is 32.9 Å². The van der Waals surface area contributed by atoms with E-state index in [0.717, 1.165) is 4.88 Å². The number of carbonyl (C=O) groups is 1. The van der Waals surface area contributed by atoms with E-state index in [1.165, 1.54) is 11.3 Å². The Labute approximate surface area is 104 Å². The molecule has 2 aromatic rings. The fourth-order valence-electron chi connectivity index (χ4n) is 1.47. The molecule has 0 atom stereocenters. The van der Waals surface area contributed by atoms with Crippen molar-refractivity contribution in [2.75, 3.05) is 0 Å². The van der Waals surface area contributed by atoms with Gasteiger partial charge in [-0.1, -0.05) is 0 Å². The number of aryl methyl sites for hydroxylation is 1. The van der Waals surface area contributed by atoms with Crippen molar-refractivity contribution < 1.29 is 9.21 Å². The minimum absolute atomic E-state index is 0.0807. The summed E-state index contributed by atoms with van der Waals surface area (Å²) in [5.74, 6) is 0.344. The monoisotopic (exact) mass is 250 g/mol. The van der Waals surface area contributed by atoms with Crippen LogP contribution < -0.4 is 5.32 Å². The second-order valence-corrected chi connectivity index (χ2v) is 5.36. The van der Waals surface area contributed by atoms with E-state index in [0.29, 0.717) is 11.5 Å². The predicted molar refractivity (Wildman–Crippen MR) is 67.2 cm³/mol. The van der Waals surface area contributed by atoms with Crippen molar-refractivity contribution in [3.8, 4) is 10.6 Å². The highest BCUT2D eigenvalue weighted by Gasteiger charge is 2.19. The number of hydrogen-bond donors (Lipinski definition) is 1. The zero-order valence-corrected chi connectivity index (χ0v) is 10.8. The Morgan fingerprint density at radius 3 is 2.82 bits per heavy atom. The van der Waals surface area contributed by atoms with Crippen LogP contribution in [-0.2, 0) is 0 Å². The van der Waals surface area contributed by atoms with Crippen LogP contribution in [-0.4, -0.2) is 16.9 Å². The van der Waals surface area contributed by atoms with Crippen molar-refractivity contribution in [3.05, 3.63) is 29.1 Å². The van der Waals surface area contributed by atoms with E-state index in [1.54, 1.807) is 11.3 Å². The maximum absolute atomic E-state index is 11.9. The average molecular weight is 250 g/mol. The third-order valence-electron chi connectivity index (χ3n) is 2.17. The van der Waals surface area contributed by atoms with Crippen LogP contribution in [0, 0.1) is 6.92 Å². The van der Waals surface area contributed by atoms with E-state index < -0.39 is 0 Å². The van der Waals surface area contributed by atoms with Crippen molar-refractivity contribution in [1.29, 1.82) is 0 Å². The summed E-state index contributed by atoms with van der Waals surface area (Å²) >= 11 is 1.58. The summed E-state index contributed by atoms with van der Waals surface area (Å²) in [5.41, 5.74) is 0.348. The molecule has 2 rings (SSSR count). The molecule has 2 heterocycles. The number of carbonyl (C=O) groups excluding carboxylic acids is 1. The summed E-state index contributed by atoms with van der Waals surface area (Å²) in [4.78, 5) is 18.0. The van der Waals surface area contributed by atoms with Gasteiger partial charge in [-0.2, -0.15) is 0 Å². The van der Waals surface area contributed by atoms with E-state index in [2.05, 4.69) is 10.3 Å². The largest absolute Gasteiger partial charge is 0.442 e. The smallest absolute Gasteiger partial charge is 0.274 e. The van der Waals surface area contributed by atoms with Gasteiger partial charge in [0, 0.05) is 10.9 Å². The number of amides is 1. The highest BCUT2D eigenvalue weighted by atomic mass is 32.1. The molecule has 0 aliphatic rings. The number of aromatic nitrogens is 1. The fraction of sp³-hybridized carbons (Fsp3) is 0.333. The molecule has 0 saturated heterocycles. The molecule has 0 saturated carbocycles. The highest BCUT2D eigenvalue weighted by molar-refractivity contribution is 7.15. The van der Waals surface area contributed by atoms with Crippen molar-refractivity contribution in [1.82, 2.24) is 10.3 Å². The van der Waals surface area contributed by atoms with Gasteiger partial charge < -0.3 is 9.73 Å². The van der Waals surface area contributed by atoms with Crippen LogP contribution in [0.2, 0.25) is 0 Å². The molecule has 90 valence electrons. The van der Waals surface area contributed by atoms with Gasteiger partial charge in [0.15, 0.2) is 17.8 Å². The molecule has 1 amide bonds. The number of oxazole rings is 1. The highest BCUT2D eigenvalue weighted by Crippen LogP contribution is 2.29. The van der Waals surface area contributed by atoms with E-state index in [4.69, 9.17) is 4.42 Å². The van der Waals surface area contributed by atoms with Crippen molar-refractivity contribution in [2.24, 2.45) is 0 Å². The number of rotatable bonds is 3. The van der Waals surface area contributed by atoms with Crippen LogP contribution in [0.25, 0.3) is 10.6 Å². The Hall–Kier alpha value is -1.62. The predicted octanol–water partition coefficient (Wildman–Crippen LogP) is 2.85. The van der Waals surface area contributed by atoms with Gasteiger partial charge in [-0.3, -0.25) is 4.79 Å². The molecule has 5 heteroatoms. The standard InChI is InChI=1S/C12H14N2O2S/c1-7(2)14-12(15)10-11(16-6-13-10)9-5-4-8(3)17-9/h4-7H,1-3H3,(H,14,15). The molecule has 0 aromatic carbocycles. The van der Waals surface area contributed by atoms with Gasteiger partial charge in [-0.25, -0.2) is 4.98 Å². The van der Waals surface area contributed by atoms with E-state index in [-0.39, 0.29) is 11.9 Å². The summed E-state index contributed by atoms with van der Waals surface area (Å²) in [6.07, 6.45) is 1.31. The zero-order chi connectivity index (χ0) is 12.4. The third-order valence-corrected chi connectivity index (χ3v) is 3.17. The molecular weight excluding hydrogens is 236 g/mol. The Bertz CT molecular complexity index is 528. The Kier molecular flexibility index (Phi) is 3.28. The summed E-state index contributed by atoms with van der Waals surface area (Å²) < 4.78 is 5.31. The van der Waals surface area contributed by atoms with Crippen LogP contribution in [0.1, 0.15) is 29.2 Å². The molecule has 4 nitrogen and oxygen atoms in total. The molecule has 0 fully saturated rings. The summed E-state index contributed by atoms with van der Waals surface area (Å²) in [6, 6.07) is 4.01. The lowest BCUT2D eigenvalue weighted by atomic mass is 10.2. The van der Waals surface area contributed by atoms with E-state index >= 15 is 0 Å². The molecule has 0 aliphatic carbocycles. The molecule has 2 aromatic heterocycles. The Morgan fingerprint density at radius 1 is 1.47 bits per heavy atom. The fourth-order valence-corrected chi connectivity index (χ4v) is 2.33. The third kappa shape index (κ3) is 2.55. The number of nitrogens with zero attached hydrogens (tertiary/aromatic N) is 1. The van der Waals surface area contributed by atoms with Gasteiger partial charge in [-0.05, 0) is 32.9 Å². The normalized spacial score (nSPS) is 10.8. The van der Waals surface area contributed by atoms with Gasteiger partial charge in [0.05, 0.1) is 4.88 Å². The first-order valence-corrected chi connectivity index (χ1v) is 6.20. The minimum Gasteiger partial charge on any atom is -0.442 e. The van der Waals surface area contributed by atoms with Crippen molar-refractivity contribution in [3.63, 3.8) is 0 Å².